The molecule has 110 valence electrons. The maximum Gasteiger partial charge on any atom is 0.363 e. The fourth-order valence-electron chi connectivity index (χ4n) is 1.92. The van der Waals surface area contributed by atoms with Crippen molar-refractivity contribution in [2.45, 2.75) is 0 Å². The van der Waals surface area contributed by atoms with Gasteiger partial charge in [-0.25, -0.2) is 9.79 Å². The molecular weight excluding hydrogens is 345 g/mol. The smallest absolute Gasteiger partial charge is 0.363 e. The van der Waals surface area contributed by atoms with Crippen LogP contribution in [0.1, 0.15) is 11.1 Å². The summed E-state index contributed by atoms with van der Waals surface area (Å²) in [5.41, 5.74) is 1.44. The highest BCUT2D eigenvalue weighted by Gasteiger charge is 2.25. The molecule has 1 heterocycles. The van der Waals surface area contributed by atoms with Crippen molar-refractivity contribution in [3.63, 3.8) is 0 Å². The van der Waals surface area contributed by atoms with E-state index in [-0.39, 0.29) is 11.6 Å². The molecule has 1 aliphatic heterocycles. The lowest BCUT2D eigenvalue weighted by atomic mass is 10.2. The number of benzene rings is 2. The van der Waals surface area contributed by atoms with E-state index in [1.54, 1.807) is 48.5 Å². The van der Waals surface area contributed by atoms with Gasteiger partial charge in [-0.2, -0.15) is 0 Å². The second-order valence-corrected chi connectivity index (χ2v) is 5.71. The average molecular weight is 353 g/mol. The highest BCUT2D eigenvalue weighted by Crippen LogP contribution is 2.26. The molecule has 2 aromatic rings. The number of hydrogen-bond donors (Lipinski definition) is 0. The summed E-state index contributed by atoms with van der Waals surface area (Å²) < 4.78 is 5.17. The van der Waals surface area contributed by atoms with Crippen molar-refractivity contribution in [2.75, 3.05) is 0 Å². The summed E-state index contributed by atoms with van der Waals surface area (Å²) in [6.45, 7) is 0. The molecule has 22 heavy (non-hydrogen) atoms. The zero-order valence-electron chi connectivity index (χ0n) is 11.0. The van der Waals surface area contributed by atoms with E-state index in [9.17, 15) is 4.79 Å². The van der Waals surface area contributed by atoms with E-state index in [1.807, 2.05) is 0 Å². The summed E-state index contributed by atoms with van der Waals surface area (Å²) in [4.78, 5) is 16.1. The van der Waals surface area contributed by atoms with Crippen molar-refractivity contribution >= 4 is 52.7 Å². The molecule has 0 radical (unpaired) electrons. The molecule has 0 saturated carbocycles. The van der Waals surface area contributed by atoms with E-state index in [0.29, 0.717) is 26.2 Å². The van der Waals surface area contributed by atoms with Crippen LogP contribution in [0.25, 0.3) is 6.08 Å². The molecule has 0 saturated heterocycles. The number of carbonyl (C=O) groups is 1. The summed E-state index contributed by atoms with van der Waals surface area (Å²) in [6, 6.07) is 12.0. The average Bonchev–Trinajstić information content (AvgIpc) is 2.84. The van der Waals surface area contributed by atoms with E-state index in [0.717, 1.165) is 0 Å². The van der Waals surface area contributed by atoms with Gasteiger partial charge >= 0.3 is 5.97 Å². The lowest BCUT2D eigenvalue weighted by Gasteiger charge is -2.00. The van der Waals surface area contributed by atoms with E-state index >= 15 is 0 Å². The lowest BCUT2D eigenvalue weighted by molar-refractivity contribution is -0.129. The largest absolute Gasteiger partial charge is 0.402 e. The van der Waals surface area contributed by atoms with Crippen molar-refractivity contribution in [1.29, 1.82) is 0 Å². The molecule has 0 spiro atoms. The number of carbonyl (C=O) groups excluding carboxylic acids is 1. The Labute approximate surface area is 141 Å². The van der Waals surface area contributed by atoms with Crippen LogP contribution in [0.3, 0.4) is 0 Å². The maximum atomic E-state index is 11.9. The van der Waals surface area contributed by atoms with E-state index < -0.39 is 5.97 Å². The summed E-state index contributed by atoms with van der Waals surface area (Å²) >= 11 is 17.9. The van der Waals surface area contributed by atoms with E-state index in [1.165, 1.54) is 0 Å². The topological polar surface area (TPSA) is 38.7 Å². The second kappa shape index (κ2) is 6.13. The standard InChI is InChI=1S/C16H8Cl3NO2/c17-11-4-2-1-3-10(11)15-20-14(16(21)22-15)8-9-5-6-12(18)13(19)7-9/h1-8H/b14-8-. The highest BCUT2D eigenvalue weighted by molar-refractivity contribution is 6.42. The number of halogens is 3. The Balaban J connectivity index is 1.98. The number of nitrogens with zero attached hydrogens (tertiary/aromatic N) is 1. The highest BCUT2D eigenvalue weighted by atomic mass is 35.5. The van der Waals surface area contributed by atoms with Crippen molar-refractivity contribution in [3.8, 4) is 0 Å². The van der Waals surface area contributed by atoms with Crippen LogP contribution in [0.15, 0.2) is 53.2 Å². The first-order valence-corrected chi connectivity index (χ1v) is 7.40. The van der Waals surface area contributed by atoms with Crippen LogP contribution in [0.4, 0.5) is 0 Å². The quantitative estimate of drug-likeness (QED) is 0.564. The maximum absolute atomic E-state index is 11.9. The molecule has 0 bridgehead atoms. The van der Waals surface area contributed by atoms with Crippen molar-refractivity contribution in [1.82, 2.24) is 0 Å². The minimum atomic E-state index is -0.541. The monoisotopic (exact) mass is 351 g/mol. The molecule has 0 aromatic heterocycles. The van der Waals surface area contributed by atoms with Crippen LogP contribution in [0, 0.1) is 0 Å². The Morgan fingerprint density at radius 1 is 0.955 bits per heavy atom. The third-order valence-corrected chi connectivity index (χ3v) is 4.04. The minimum Gasteiger partial charge on any atom is -0.402 e. The van der Waals surface area contributed by atoms with Gasteiger partial charge in [0.1, 0.15) is 0 Å². The second-order valence-electron chi connectivity index (χ2n) is 4.49. The van der Waals surface area contributed by atoms with Gasteiger partial charge in [-0.15, -0.1) is 0 Å². The lowest BCUT2D eigenvalue weighted by Crippen LogP contribution is -2.05. The Hall–Kier alpha value is -1.81. The van der Waals surface area contributed by atoms with Crippen LogP contribution >= 0.6 is 34.8 Å². The number of ether oxygens (including phenoxy) is 1. The fourth-order valence-corrected chi connectivity index (χ4v) is 2.44. The van der Waals surface area contributed by atoms with Gasteiger partial charge in [-0.1, -0.05) is 53.0 Å². The van der Waals surface area contributed by atoms with Crippen LogP contribution in [0.2, 0.25) is 15.1 Å². The molecule has 2 aromatic carbocycles. The number of esters is 1. The Bertz CT molecular complexity index is 828. The zero-order valence-corrected chi connectivity index (χ0v) is 13.3. The van der Waals surface area contributed by atoms with Gasteiger partial charge in [0.15, 0.2) is 5.70 Å². The van der Waals surface area contributed by atoms with Gasteiger partial charge in [0.05, 0.1) is 20.6 Å². The van der Waals surface area contributed by atoms with Gasteiger partial charge in [0.25, 0.3) is 0 Å². The number of rotatable bonds is 2. The Kier molecular flexibility index (Phi) is 4.21. The third-order valence-electron chi connectivity index (χ3n) is 2.97. The molecule has 0 N–H and O–H groups in total. The van der Waals surface area contributed by atoms with E-state index in [2.05, 4.69) is 4.99 Å². The zero-order chi connectivity index (χ0) is 15.7. The van der Waals surface area contributed by atoms with E-state index in [4.69, 9.17) is 39.5 Å². The minimum absolute atomic E-state index is 0.174. The molecule has 1 aliphatic rings. The molecule has 0 aliphatic carbocycles. The summed E-state index contributed by atoms with van der Waals surface area (Å²) in [6.07, 6.45) is 1.58. The normalized spacial score (nSPS) is 15.9. The van der Waals surface area contributed by atoms with Gasteiger partial charge in [0, 0.05) is 0 Å². The fraction of sp³-hybridized carbons (Fsp3) is 0. The molecule has 3 nitrogen and oxygen atoms in total. The molecule has 0 fully saturated rings. The number of aliphatic imine (C=N–C) groups is 1. The van der Waals surface area contributed by atoms with Crippen LogP contribution in [-0.2, 0) is 9.53 Å². The molecule has 6 heteroatoms. The van der Waals surface area contributed by atoms with Crippen molar-refractivity contribution in [2.24, 2.45) is 4.99 Å². The SMILES string of the molecule is O=C1OC(c2ccccc2Cl)=N/C1=C\c1ccc(Cl)c(Cl)c1. The molecule has 3 rings (SSSR count). The van der Waals surface area contributed by atoms with Crippen molar-refractivity contribution < 1.29 is 9.53 Å². The summed E-state index contributed by atoms with van der Waals surface area (Å²) in [5, 5.41) is 1.31. The molecule has 0 unspecified atom stereocenters. The first-order valence-electron chi connectivity index (χ1n) is 6.27. The van der Waals surface area contributed by atoms with Gasteiger partial charge < -0.3 is 4.74 Å². The summed E-state index contributed by atoms with van der Waals surface area (Å²) in [7, 11) is 0. The van der Waals surface area contributed by atoms with Gasteiger partial charge in [-0.05, 0) is 35.9 Å². The van der Waals surface area contributed by atoms with Crippen LogP contribution < -0.4 is 0 Å². The first kappa shape index (κ1) is 15.1. The van der Waals surface area contributed by atoms with Crippen LogP contribution in [-0.4, -0.2) is 11.9 Å². The Morgan fingerprint density at radius 3 is 2.45 bits per heavy atom. The number of cyclic esters (lactones) is 1. The van der Waals surface area contributed by atoms with Gasteiger partial charge in [-0.3, -0.25) is 0 Å². The van der Waals surface area contributed by atoms with Crippen LogP contribution in [0.5, 0.6) is 0 Å². The summed E-state index contributed by atoms with van der Waals surface area (Å²) in [5.74, 6) is -0.358. The van der Waals surface area contributed by atoms with Gasteiger partial charge in [0.2, 0.25) is 5.90 Å². The molecular formula is C16H8Cl3NO2. The number of hydrogen-bond acceptors (Lipinski definition) is 3. The molecule has 0 atom stereocenters. The predicted molar refractivity (Wildman–Crippen MR) is 88.5 cm³/mol. The third kappa shape index (κ3) is 3.02. The Morgan fingerprint density at radius 2 is 1.73 bits per heavy atom. The molecule has 0 amide bonds. The van der Waals surface area contributed by atoms with Crippen molar-refractivity contribution in [3.05, 3.63) is 74.4 Å². The predicted octanol–water partition coefficient (Wildman–Crippen LogP) is 4.99. The first-order chi connectivity index (χ1) is 10.5.